The topological polar surface area (TPSA) is 43.8 Å². The van der Waals surface area contributed by atoms with E-state index in [2.05, 4.69) is 4.90 Å². The van der Waals surface area contributed by atoms with Crippen molar-refractivity contribution in [2.75, 3.05) is 32.1 Å². The fourth-order valence-electron chi connectivity index (χ4n) is 3.04. The van der Waals surface area contributed by atoms with Crippen LogP contribution in [0.15, 0.2) is 24.3 Å². The number of aliphatic carboxylic acids is 1. The van der Waals surface area contributed by atoms with Crippen LogP contribution in [-0.4, -0.2) is 43.2 Å². The van der Waals surface area contributed by atoms with Crippen LogP contribution < -0.4 is 4.90 Å². The van der Waals surface area contributed by atoms with E-state index in [-0.39, 0.29) is 0 Å². The SMILES string of the molecule is CN(C)c1ccc(C(C)(C(=O)O)N2CCCCCC2)cc1. The van der Waals surface area contributed by atoms with Gasteiger partial charge in [-0.1, -0.05) is 25.0 Å². The summed E-state index contributed by atoms with van der Waals surface area (Å²) in [7, 11) is 3.97. The molecular weight excluding hydrogens is 264 g/mol. The lowest BCUT2D eigenvalue weighted by atomic mass is 9.89. The number of anilines is 1. The van der Waals surface area contributed by atoms with E-state index in [0.717, 1.165) is 37.2 Å². The van der Waals surface area contributed by atoms with Crippen molar-refractivity contribution in [3.63, 3.8) is 0 Å². The highest BCUT2D eigenvalue weighted by molar-refractivity contribution is 5.80. The summed E-state index contributed by atoms with van der Waals surface area (Å²) in [6.07, 6.45) is 4.56. The predicted octanol–water partition coefficient (Wildman–Crippen LogP) is 2.93. The van der Waals surface area contributed by atoms with Gasteiger partial charge in [-0.25, -0.2) is 4.79 Å². The van der Waals surface area contributed by atoms with Gasteiger partial charge in [0.1, 0.15) is 5.54 Å². The van der Waals surface area contributed by atoms with E-state index >= 15 is 0 Å². The molecule has 0 aromatic heterocycles. The largest absolute Gasteiger partial charge is 0.480 e. The first kappa shape index (κ1) is 15.8. The van der Waals surface area contributed by atoms with Crippen LogP contribution in [0, 0.1) is 0 Å². The third-order valence-corrected chi connectivity index (χ3v) is 4.60. The molecule has 116 valence electrons. The first-order chi connectivity index (χ1) is 9.96. The van der Waals surface area contributed by atoms with Crippen LogP contribution >= 0.6 is 0 Å². The minimum absolute atomic E-state index is 0.762. The quantitative estimate of drug-likeness (QED) is 0.926. The molecule has 0 saturated carbocycles. The second-order valence-electron chi connectivity index (χ2n) is 6.22. The lowest BCUT2D eigenvalue weighted by Crippen LogP contribution is -2.50. The van der Waals surface area contributed by atoms with E-state index in [1.54, 1.807) is 0 Å². The van der Waals surface area contributed by atoms with E-state index in [4.69, 9.17) is 0 Å². The molecule has 1 aliphatic rings. The molecule has 0 radical (unpaired) electrons. The first-order valence-corrected chi connectivity index (χ1v) is 7.72. The molecule has 4 nitrogen and oxygen atoms in total. The Morgan fingerprint density at radius 2 is 1.62 bits per heavy atom. The molecule has 1 fully saturated rings. The van der Waals surface area contributed by atoms with Gasteiger partial charge in [-0.15, -0.1) is 0 Å². The maximum absolute atomic E-state index is 12.0. The molecule has 0 aliphatic carbocycles. The summed E-state index contributed by atoms with van der Waals surface area (Å²) in [5, 5.41) is 9.86. The minimum atomic E-state index is -0.935. The highest BCUT2D eigenvalue weighted by atomic mass is 16.4. The monoisotopic (exact) mass is 290 g/mol. The number of rotatable bonds is 4. The van der Waals surface area contributed by atoms with E-state index in [0.29, 0.717) is 0 Å². The number of carboxylic acid groups (broad SMARTS) is 1. The van der Waals surface area contributed by atoms with Gasteiger partial charge >= 0.3 is 5.97 Å². The molecule has 2 rings (SSSR count). The van der Waals surface area contributed by atoms with E-state index in [1.807, 2.05) is 50.2 Å². The minimum Gasteiger partial charge on any atom is -0.480 e. The molecule has 0 spiro atoms. The number of likely N-dealkylation sites (tertiary alicyclic amines) is 1. The van der Waals surface area contributed by atoms with Crippen molar-refractivity contribution in [2.24, 2.45) is 0 Å². The number of hydrogen-bond acceptors (Lipinski definition) is 3. The smallest absolute Gasteiger partial charge is 0.328 e. The van der Waals surface area contributed by atoms with E-state index < -0.39 is 11.5 Å². The van der Waals surface area contributed by atoms with Crippen LogP contribution in [0.2, 0.25) is 0 Å². The maximum Gasteiger partial charge on any atom is 0.328 e. The van der Waals surface area contributed by atoms with Gasteiger partial charge in [0.2, 0.25) is 0 Å². The van der Waals surface area contributed by atoms with Crippen LogP contribution in [0.25, 0.3) is 0 Å². The number of hydrogen-bond donors (Lipinski definition) is 1. The third kappa shape index (κ3) is 3.21. The highest BCUT2D eigenvalue weighted by Crippen LogP contribution is 2.32. The fraction of sp³-hybridized carbons (Fsp3) is 0.588. The van der Waals surface area contributed by atoms with Crippen molar-refractivity contribution in [2.45, 2.75) is 38.1 Å². The molecule has 1 heterocycles. The molecule has 1 unspecified atom stereocenters. The summed E-state index contributed by atoms with van der Waals surface area (Å²) in [6.45, 7) is 3.56. The van der Waals surface area contributed by atoms with Crippen molar-refractivity contribution in [1.82, 2.24) is 4.90 Å². The molecule has 1 aromatic rings. The second-order valence-corrected chi connectivity index (χ2v) is 6.22. The molecule has 1 aliphatic heterocycles. The van der Waals surface area contributed by atoms with Gasteiger partial charge in [-0.2, -0.15) is 0 Å². The lowest BCUT2D eigenvalue weighted by molar-refractivity contribution is -0.151. The summed E-state index contributed by atoms with van der Waals surface area (Å²) >= 11 is 0. The predicted molar refractivity (Wildman–Crippen MR) is 85.8 cm³/mol. The normalized spacial score (nSPS) is 19.6. The van der Waals surface area contributed by atoms with Crippen molar-refractivity contribution in [1.29, 1.82) is 0 Å². The number of carboxylic acids is 1. The fourth-order valence-corrected chi connectivity index (χ4v) is 3.04. The zero-order chi connectivity index (χ0) is 15.5. The third-order valence-electron chi connectivity index (χ3n) is 4.60. The lowest BCUT2D eigenvalue weighted by Gasteiger charge is -2.38. The van der Waals surface area contributed by atoms with Gasteiger partial charge in [0.15, 0.2) is 0 Å². The van der Waals surface area contributed by atoms with Crippen LogP contribution in [0.5, 0.6) is 0 Å². The maximum atomic E-state index is 12.0. The molecule has 1 saturated heterocycles. The number of carbonyl (C=O) groups is 1. The first-order valence-electron chi connectivity index (χ1n) is 7.72. The Morgan fingerprint density at radius 3 is 2.05 bits per heavy atom. The van der Waals surface area contributed by atoms with Crippen molar-refractivity contribution in [3.8, 4) is 0 Å². The van der Waals surface area contributed by atoms with Crippen LogP contribution in [0.4, 0.5) is 5.69 Å². The summed E-state index contributed by atoms with van der Waals surface area (Å²) in [5.41, 5.74) is 1.01. The van der Waals surface area contributed by atoms with Crippen LogP contribution in [-0.2, 0) is 10.3 Å². The molecule has 0 amide bonds. The average molecular weight is 290 g/mol. The van der Waals surface area contributed by atoms with Gasteiger partial charge in [-0.05, 0) is 50.6 Å². The Labute approximate surface area is 127 Å². The zero-order valence-corrected chi connectivity index (χ0v) is 13.3. The van der Waals surface area contributed by atoms with Gasteiger partial charge < -0.3 is 10.0 Å². The Morgan fingerprint density at radius 1 is 1.10 bits per heavy atom. The number of nitrogens with zero attached hydrogens (tertiary/aromatic N) is 2. The van der Waals surface area contributed by atoms with Crippen LogP contribution in [0.3, 0.4) is 0 Å². The Bertz CT molecular complexity index is 476. The standard InChI is InChI=1S/C17H26N2O2/c1-17(16(20)21,19-12-6-4-5-7-13-19)14-8-10-15(11-9-14)18(2)3/h8-11H,4-7,12-13H2,1-3H3,(H,20,21). The van der Waals surface area contributed by atoms with E-state index in [1.165, 1.54) is 12.8 Å². The van der Waals surface area contributed by atoms with Gasteiger partial charge in [0, 0.05) is 19.8 Å². The van der Waals surface area contributed by atoms with Gasteiger partial charge in [0.05, 0.1) is 0 Å². The average Bonchev–Trinajstić information content (AvgIpc) is 2.75. The van der Waals surface area contributed by atoms with Gasteiger partial charge in [0.25, 0.3) is 0 Å². The van der Waals surface area contributed by atoms with E-state index in [9.17, 15) is 9.90 Å². The summed E-state index contributed by atoms with van der Waals surface area (Å²) in [5.74, 6) is -0.762. The molecule has 1 atom stereocenters. The van der Waals surface area contributed by atoms with Gasteiger partial charge in [-0.3, -0.25) is 4.90 Å². The number of benzene rings is 1. The zero-order valence-electron chi connectivity index (χ0n) is 13.3. The molecule has 1 N–H and O–H groups in total. The Kier molecular flexibility index (Phi) is 4.88. The van der Waals surface area contributed by atoms with Crippen molar-refractivity contribution in [3.05, 3.63) is 29.8 Å². The molecule has 21 heavy (non-hydrogen) atoms. The Hall–Kier alpha value is -1.55. The molecule has 0 bridgehead atoms. The molecule has 1 aromatic carbocycles. The second kappa shape index (κ2) is 6.48. The Balaban J connectivity index is 2.34. The van der Waals surface area contributed by atoms with Crippen molar-refractivity contribution < 1.29 is 9.90 Å². The molecule has 4 heteroatoms. The van der Waals surface area contributed by atoms with Crippen molar-refractivity contribution >= 4 is 11.7 Å². The molecular formula is C17H26N2O2. The summed E-state index contributed by atoms with van der Waals surface area (Å²) in [4.78, 5) is 16.2. The summed E-state index contributed by atoms with van der Waals surface area (Å²) in [6, 6.07) is 7.89. The summed E-state index contributed by atoms with van der Waals surface area (Å²) < 4.78 is 0. The highest BCUT2D eigenvalue weighted by Gasteiger charge is 2.41. The van der Waals surface area contributed by atoms with Crippen LogP contribution in [0.1, 0.15) is 38.2 Å².